The van der Waals surface area contributed by atoms with Gasteiger partial charge in [-0.25, -0.2) is 10.0 Å². The Hall–Kier alpha value is -2.66. The Bertz CT molecular complexity index is 778. The van der Waals surface area contributed by atoms with Crippen molar-refractivity contribution in [1.29, 1.82) is 0 Å². The molecule has 134 valence electrons. The number of nitrogens with zero attached hydrogens (tertiary/aromatic N) is 3. The van der Waals surface area contributed by atoms with Crippen molar-refractivity contribution in [1.82, 2.24) is 14.9 Å². The van der Waals surface area contributed by atoms with Gasteiger partial charge in [-0.1, -0.05) is 60.7 Å². The van der Waals surface area contributed by atoms with Crippen LogP contribution in [0.3, 0.4) is 0 Å². The molecular weight excluding hydrogens is 326 g/mol. The Morgan fingerprint density at radius 1 is 0.846 bits per heavy atom. The van der Waals surface area contributed by atoms with Gasteiger partial charge < -0.3 is 0 Å². The van der Waals surface area contributed by atoms with E-state index in [-0.39, 0.29) is 30.9 Å². The second kappa shape index (κ2) is 7.30. The standard InChI is InChI=1S/C21H23N3O2/c25-20-15-22(14-17-8-3-1-4-9-17)16-21(26)24-19(12-7-13-23(20)24)18-10-5-2-6-11-18/h1-6,8-11,19H,7,12-16H2/t19-/m1/s1. The molecule has 0 bridgehead atoms. The van der Waals surface area contributed by atoms with Crippen LogP contribution in [0.5, 0.6) is 0 Å². The Balaban J connectivity index is 1.59. The molecule has 0 spiro atoms. The Morgan fingerprint density at radius 2 is 1.50 bits per heavy atom. The summed E-state index contributed by atoms with van der Waals surface area (Å²) in [4.78, 5) is 27.9. The van der Waals surface area contributed by atoms with E-state index >= 15 is 0 Å². The van der Waals surface area contributed by atoms with Gasteiger partial charge in [0.15, 0.2) is 0 Å². The summed E-state index contributed by atoms with van der Waals surface area (Å²) in [5.41, 5.74) is 2.21. The van der Waals surface area contributed by atoms with Crippen molar-refractivity contribution in [3.05, 3.63) is 71.8 Å². The maximum Gasteiger partial charge on any atom is 0.255 e. The first-order chi connectivity index (χ1) is 12.7. The molecule has 2 amide bonds. The summed E-state index contributed by atoms with van der Waals surface area (Å²) in [5, 5.41) is 3.39. The molecule has 5 nitrogen and oxygen atoms in total. The van der Waals surface area contributed by atoms with Gasteiger partial charge in [-0.05, 0) is 24.0 Å². The van der Waals surface area contributed by atoms with E-state index in [0.29, 0.717) is 13.1 Å². The average Bonchev–Trinajstić information content (AvgIpc) is 2.80. The zero-order chi connectivity index (χ0) is 17.9. The minimum absolute atomic E-state index is 0.000309. The molecule has 2 heterocycles. The molecular formula is C21H23N3O2. The fourth-order valence-corrected chi connectivity index (χ4v) is 3.92. The maximum atomic E-state index is 13.1. The van der Waals surface area contributed by atoms with Crippen LogP contribution in [0, 0.1) is 0 Å². The molecule has 2 saturated heterocycles. The fraction of sp³-hybridized carbons (Fsp3) is 0.333. The van der Waals surface area contributed by atoms with Gasteiger partial charge in [0.05, 0.1) is 19.1 Å². The van der Waals surface area contributed by atoms with Crippen LogP contribution in [0.1, 0.15) is 30.0 Å². The Kier molecular flexibility index (Phi) is 4.71. The zero-order valence-electron chi connectivity index (χ0n) is 14.8. The van der Waals surface area contributed by atoms with Crippen LogP contribution in [0.2, 0.25) is 0 Å². The minimum Gasteiger partial charge on any atom is -0.281 e. The molecule has 0 aromatic heterocycles. The highest BCUT2D eigenvalue weighted by Gasteiger charge is 2.39. The highest BCUT2D eigenvalue weighted by atomic mass is 16.2. The van der Waals surface area contributed by atoms with Gasteiger partial charge in [-0.3, -0.25) is 14.5 Å². The van der Waals surface area contributed by atoms with Crippen LogP contribution >= 0.6 is 0 Å². The lowest BCUT2D eigenvalue weighted by atomic mass is 9.99. The molecule has 2 aliphatic rings. The third kappa shape index (κ3) is 3.35. The van der Waals surface area contributed by atoms with Crippen molar-refractivity contribution in [2.45, 2.75) is 25.4 Å². The van der Waals surface area contributed by atoms with Gasteiger partial charge in [0.2, 0.25) is 0 Å². The summed E-state index contributed by atoms with van der Waals surface area (Å²) in [7, 11) is 0. The van der Waals surface area contributed by atoms with Gasteiger partial charge in [-0.15, -0.1) is 0 Å². The van der Waals surface area contributed by atoms with Crippen LogP contribution < -0.4 is 0 Å². The molecule has 26 heavy (non-hydrogen) atoms. The summed E-state index contributed by atoms with van der Waals surface area (Å²) in [6.07, 6.45) is 1.80. The summed E-state index contributed by atoms with van der Waals surface area (Å²) in [5.74, 6) is 0.00717. The number of carbonyl (C=O) groups is 2. The van der Waals surface area contributed by atoms with E-state index in [1.165, 1.54) is 0 Å². The highest BCUT2D eigenvalue weighted by molar-refractivity contribution is 5.87. The lowest BCUT2D eigenvalue weighted by molar-refractivity contribution is -0.171. The molecule has 2 aromatic rings. The molecule has 0 unspecified atom stereocenters. The van der Waals surface area contributed by atoms with Crippen molar-refractivity contribution < 1.29 is 9.59 Å². The summed E-state index contributed by atoms with van der Waals surface area (Å²) < 4.78 is 0. The predicted octanol–water partition coefficient (Wildman–Crippen LogP) is 2.61. The van der Waals surface area contributed by atoms with E-state index in [9.17, 15) is 9.59 Å². The molecule has 1 atom stereocenters. The lowest BCUT2D eigenvalue weighted by Crippen LogP contribution is -2.54. The minimum atomic E-state index is -0.0573. The molecule has 0 saturated carbocycles. The van der Waals surface area contributed by atoms with Crippen LogP contribution in [0.25, 0.3) is 0 Å². The molecule has 0 radical (unpaired) electrons. The lowest BCUT2D eigenvalue weighted by Gasteiger charge is -2.43. The Morgan fingerprint density at radius 3 is 2.23 bits per heavy atom. The molecule has 4 rings (SSSR count). The largest absolute Gasteiger partial charge is 0.281 e. The molecule has 2 aromatic carbocycles. The number of hydrogen-bond acceptors (Lipinski definition) is 3. The van der Waals surface area contributed by atoms with Crippen molar-refractivity contribution in [3.8, 4) is 0 Å². The van der Waals surface area contributed by atoms with Crippen LogP contribution in [0.15, 0.2) is 60.7 Å². The van der Waals surface area contributed by atoms with E-state index in [1.54, 1.807) is 10.0 Å². The number of amides is 2. The number of carbonyl (C=O) groups excluding carboxylic acids is 2. The molecule has 0 N–H and O–H groups in total. The fourth-order valence-electron chi connectivity index (χ4n) is 3.92. The number of benzene rings is 2. The first kappa shape index (κ1) is 16.8. The predicted molar refractivity (Wildman–Crippen MR) is 98.7 cm³/mol. The smallest absolute Gasteiger partial charge is 0.255 e. The number of rotatable bonds is 3. The molecule has 2 fully saturated rings. The normalized spacial score (nSPS) is 21.5. The van der Waals surface area contributed by atoms with E-state index in [4.69, 9.17) is 0 Å². The van der Waals surface area contributed by atoms with Crippen molar-refractivity contribution >= 4 is 11.8 Å². The Labute approximate surface area is 153 Å². The number of hydrogen-bond donors (Lipinski definition) is 0. The summed E-state index contributed by atoms with van der Waals surface area (Å²) >= 11 is 0. The van der Waals surface area contributed by atoms with E-state index < -0.39 is 0 Å². The SMILES string of the molecule is O=C1CN(Cc2ccccc2)CC(=O)N2[C@@H](c3ccccc3)CCCN12. The molecule has 5 heteroatoms. The quantitative estimate of drug-likeness (QED) is 0.856. The van der Waals surface area contributed by atoms with E-state index in [2.05, 4.69) is 0 Å². The average molecular weight is 349 g/mol. The third-order valence-electron chi connectivity index (χ3n) is 5.10. The van der Waals surface area contributed by atoms with Gasteiger partial charge >= 0.3 is 0 Å². The summed E-state index contributed by atoms with van der Waals surface area (Å²) in [6.45, 7) is 1.77. The van der Waals surface area contributed by atoms with Crippen molar-refractivity contribution in [2.24, 2.45) is 0 Å². The van der Waals surface area contributed by atoms with Crippen molar-refractivity contribution in [2.75, 3.05) is 19.6 Å². The van der Waals surface area contributed by atoms with Gasteiger partial charge in [0, 0.05) is 13.1 Å². The van der Waals surface area contributed by atoms with Gasteiger partial charge in [0.25, 0.3) is 11.8 Å². The second-order valence-electron chi connectivity index (χ2n) is 6.95. The highest BCUT2D eigenvalue weighted by Crippen LogP contribution is 2.33. The van der Waals surface area contributed by atoms with Gasteiger partial charge in [0.1, 0.15) is 0 Å². The maximum absolute atomic E-state index is 13.1. The first-order valence-electron chi connectivity index (χ1n) is 9.16. The van der Waals surface area contributed by atoms with Crippen molar-refractivity contribution in [3.63, 3.8) is 0 Å². The zero-order valence-corrected chi connectivity index (χ0v) is 14.8. The van der Waals surface area contributed by atoms with Gasteiger partial charge in [-0.2, -0.15) is 0 Å². The van der Waals surface area contributed by atoms with Crippen LogP contribution in [-0.2, 0) is 16.1 Å². The second-order valence-corrected chi connectivity index (χ2v) is 6.95. The molecule has 2 aliphatic heterocycles. The van der Waals surface area contributed by atoms with E-state index in [1.807, 2.05) is 65.6 Å². The summed E-state index contributed by atoms with van der Waals surface area (Å²) in [6, 6.07) is 20.0. The molecule has 0 aliphatic carbocycles. The monoisotopic (exact) mass is 349 g/mol. The van der Waals surface area contributed by atoms with Crippen LogP contribution in [-0.4, -0.2) is 46.4 Å². The first-order valence-corrected chi connectivity index (χ1v) is 9.16. The number of hydrazine groups is 1. The third-order valence-corrected chi connectivity index (χ3v) is 5.10. The van der Waals surface area contributed by atoms with Crippen LogP contribution in [0.4, 0.5) is 0 Å². The topological polar surface area (TPSA) is 43.9 Å². The van der Waals surface area contributed by atoms with E-state index in [0.717, 1.165) is 24.0 Å². The number of fused-ring (bicyclic) bond motifs is 1.